The van der Waals surface area contributed by atoms with E-state index in [1.807, 2.05) is 12.1 Å². The van der Waals surface area contributed by atoms with E-state index in [0.717, 1.165) is 10.2 Å². The first kappa shape index (κ1) is 18.4. The molecule has 0 radical (unpaired) electrons. The largest absolute Gasteiger partial charge is 0.497 e. The highest BCUT2D eigenvalue weighted by Crippen LogP contribution is 2.27. The molecule has 0 aromatic heterocycles. The molecule has 7 heteroatoms. The summed E-state index contributed by atoms with van der Waals surface area (Å²) >= 11 is 9.32. The van der Waals surface area contributed by atoms with E-state index in [-0.39, 0.29) is 12.5 Å². The van der Waals surface area contributed by atoms with Crippen LogP contribution in [0.3, 0.4) is 0 Å². The molecule has 0 fully saturated rings. The van der Waals surface area contributed by atoms with Crippen LogP contribution in [0, 0.1) is 0 Å². The second kappa shape index (κ2) is 9.39. The molecule has 2 rings (SSSR count). The zero-order chi connectivity index (χ0) is 17.4. The van der Waals surface area contributed by atoms with Gasteiger partial charge in [0.15, 0.2) is 6.61 Å². The third kappa shape index (κ3) is 5.94. The standard InChI is InChI=1S/C17H17BrClNO4/c1-22-13-3-5-14(6-4-13)23-9-8-20-17(21)11-24-16-7-2-12(18)10-15(16)19/h2-7,10H,8-9,11H2,1H3,(H,20,21). The zero-order valence-corrected chi connectivity index (χ0v) is 15.4. The molecule has 2 aromatic rings. The summed E-state index contributed by atoms with van der Waals surface area (Å²) in [5.41, 5.74) is 0. The predicted molar refractivity (Wildman–Crippen MR) is 96.1 cm³/mol. The molecule has 0 aliphatic heterocycles. The number of rotatable bonds is 8. The summed E-state index contributed by atoms with van der Waals surface area (Å²) in [7, 11) is 1.61. The molecular weight excluding hydrogens is 398 g/mol. The van der Waals surface area contributed by atoms with E-state index in [0.29, 0.717) is 29.7 Å². The van der Waals surface area contributed by atoms with Gasteiger partial charge in [0.25, 0.3) is 5.91 Å². The summed E-state index contributed by atoms with van der Waals surface area (Å²) in [6, 6.07) is 12.4. The quantitative estimate of drug-likeness (QED) is 0.670. The Morgan fingerprint density at radius 1 is 1.12 bits per heavy atom. The summed E-state index contributed by atoms with van der Waals surface area (Å²) in [4.78, 5) is 11.7. The Labute approximate surface area is 154 Å². The lowest BCUT2D eigenvalue weighted by atomic mass is 10.3. The van der Waals surface area contributed by atoms with Crippen molar-refractivity contribution in [1.29, 1.82) is 0 Å². The van der Waals surface area contributed by atoms with Crippen molar-refractivity contribution in [1.82, 2.24) is 5.32 Å². The minimum Gasteiger partial charge on any atom is -0.497 e. The van der Waals surface area contributed by atoms with Crippen LogP contribution in [0.2, 0.25) is 5.02 Å². The van der Waals surface area contributed by atoms with Crippen LogP contribution in [-0.2, 0) is 4.79 Å². The molecule has 0 saturated heterocycles. The Morgan fingerprint density at radius 2 is 1.83 bits per heavy atom. The van der Waals surface area contributed by atoms with Crippen molar-refractivity contribution < 1.29 is 19.0 Å². The van der Waals surface area contributed by atoms with Gasteiger partial charge in [0.2, 0.25) is 0 Å². The van der Waals surface area contributed by atoms with Crippen LogP contribution < -0.4 is 19.5 Å². The van der Waals surface area contributed by atoms with Crippen molar-refractivity contribution >= 4 is 33.4 Å². The summed E-state index contributed by atoms with van der Waals surface area (Å²) in [6.45, 7) is 0.628. The van der Waals surface area contributed by atoms with E-state index >= 15 is 0 Å². The molecule has 2 aromatic carbocycles. The van der Waals surface area contributed by atoms with Gasteiger partial charge in [0.05, 0.1) is 18.7 Å². The lowest BCUT2D eigenvalue weighted by Crippen LogP contribution is -2.32. The fourth-order valence-electron chi connectivity index (χ4n) is 1.82. The molecule has 0 bridgehead atoms. The van der Waals surface area contributed by atoms with E-state index < -0.39 is 0 Å². The molecule has 128 valence electrons. The van der Waals surface area contributed by atoms with Crippen LogP contribution >= 0.6 is 27.5 Å². The molecule has 0 aliphatic carbocycles. The Hall–Kier alpha value is -1.92. The van der Waals surface area contributed by atoms with E-state index in [4.69, 9.17) is 25.8 Å². The number of carbonyl (C=O) groups excluding carboxylic acids is 1. The second-order valence-corrected chi connectivity index (χ2v) is 6.06. The van der Waals surface area contributed by atoms with E-state index in [1.54, 1.807) is 37.4 Å². The van der Waals surface area contributed by atoms with Crippen molar-refractivity contribution in [2.75, 3.05) is 26.9 Å². The molecule has 0 aliphatic rings. The number of ether oxygens (including phenoxy) is 3. The van der Waals surface area contributed by atoms with Crippen LogP contribution in [0.25, 0.3) is 0 Å². The third-order valence-electron chi connectivity index (χ3n) is 3.01. The first-order valence-corrected chi connectivity index (χ1v) is 8.37. The number of nitrogens with one attached hydrogen (secondary N) is 1. The van der Waals surface area contributed by atoms with Crippen molar-refractivity contribution in [3.63, 3.8) is 0 Å². The maximum absolute atomic E-state index is 11.7. The number of benzene rings is 2. The normalized spacial score (nSPS) is 10.1. The number of carbonyl (C=O) groups is 1. The number of halogens is 2. The first-order valence-electron chi connectivity index (χ1n) is 7.20. The van der Waals surface area contributed by atoms with Crippen molar-refractivity contribution in [2.24, 2.45) is 0 Å². The Morgan fingerprint density at radius 3 is 2.50 bits per heavy atom. The van der Waals surface area contributed by atoms with Gasteiger partial charge in [0.1, 0.15) is 23.9 Å². The molecule has 0 heterocycles. The molecule has 24 heavy (non-hydrogen) atoms. The van der Waals surface area contributed by atoms with Crippen LogP contribution in [0.1, 0.15) is 0 Å². The highest BCUT2D eigenvalue weighted by Gasteiger charge is 2.06. The summed E-state index contributed by atoms with van der Waals surface area (Å²) < 4.78 is 16.8. The van der Waals surface area contributed by atoms with E-state index in [2.05, 4.69) is 21.2 Å². The maximum Gasteiger partial charge on any atom is 0.258 e. The van der Waals surface area contributed by atoms with Gasteiger partial charge in [-0.1, -0.05) is 27.5 Å². The minimum atomic E-state index is -0.243. The van der Waals surface area contributed by atoms with Gasteiger partial charge in [-0.05, 0) is 42.5 Å². The lowest BCUT2D eigenvalue weighted by molar-refractivity contribution is -0.123. The van der Waals surface area contributed by atoms with Gasteiger partial charge >= 0.3 is 0 Å². The average Bonchev–Trinajstić information content (AvgIpc) is 2.58. The molecule has 0 spiro atoms. The Kier molecular flexibility index (Phi) is 7.21. The van der Waals surface area contributed by atoms with Gasteiger partial charge in [-0.15, -0.1) is 0 Å². The van der Waals surface area contributed by atoms with Gasteiger partial charge in [0, 0.05) is 4.47 Å². The average molecular weight is 415 g/mol. The molecule has 5 nitrogen and oxygen atoms in total. The predicted octanol–water partition coefficient (Wildman–Crippen LogP) is 3.69. The van der Waals surface area contributed by atoms with Crippen LogP contribution in [0.5, 0.6) is 17.2 Å². The molecule has 1 amide bonds. The van der Waals surface area contributed by atoms with Gasteiger partial charge in [-0.3, -0.25) is 4.79 Å². The van der Waals surface area contributed by atoms with Crippen LogP contribution in [0.15, 0.2) is 46.9 Å². The number of hydrogen-bond acceptors (Lipinski definition) is 4. The fraction of sp³-hybridized carbons (Fsp3) is 0.235. The lowest BCUT2D eigenvalue weighted by Gasteiger charge is -2.10. The summed E-state index contributed by atoms with van der Waals surface area (Å²) in [5, 5.41) is 3.16. The monoisotopic (exact) mass is 413 g/mol. The number of methoxy groups -OCH3 is 1. The topological polar surface area (TPSA) is 56.8 Å². The SMILES string of the molecule is COc1ccc(OCCNC(=O)COc2ccc(Br)cc2Cl)cc1. The zero-order valence-electron chi connectivity index (χ0n) is 13.1. The number of hydrogen-bond donors (Lipinski definition) is 1. The highest BCUT2D eigenvalue weighted by atomic mass is 79.9. The third-order valence-corrected chi connectivity index (χ3v) is 3.79. The van der Waals surface area contributed by atoms with E-state index in [1.165, 1.54) is 0 Å². The maximum atomic E-state index is 11.7. The molecular formula is C17H17BrClNO4. The smallest absolute Gasteiger partial charge is 0.258 e. The van der Waals surface area contributed by atoms with Crippen molar-refractivity contribution in [2.45, 2.75) is 0 Å². The molecule has 1 N–H and O–H groups in total. The molecule has 0 unspecified atom stereocenters. The minimum absolute atomic E-state index is 0.107. The second-order valence-electron chi connectivity index (χ2n) is 4.74. The van der Waals surface area contributed by atoms with E-state index in [9.17, 15) is 4.79 Å². The van der Waals surface area contributed by atoms with Crippen LogP contribution in [-0.4, -0.2) is 32.8 Å². The highest BCUT2D eigenvalue weighted by molar-refractivity contribution is 9.10. The van der Waals surface area contributed by atoms with Gasteiger partial charge < -0.3 is 19.5 Å². The Bertz CT molecular complexity index is 679. The summed E-state index contributed by atoms with van der Waals surface area (Å²) in [6.07, 6.45) is 0. The molecule has 0 saturated carbocycles. The first-order chi connectivity index (χ1) is 11.6. The fourth-order valence-corrected chi connectivity index (χ4v) is 2.55. The Balaban J connectivity index is 1.65. The van der Waals surface area contributed by atoms with Crippen molar-refractivity contribution in [3.8, 4) is 17.2 Å². The van der Waals surface area contributed by atoms with Gasteiger partial charge in [-0.25, -0.2) is 0 Å². The molecule has 0 atom stereocenters. The van der Waals surface area contributed by atoms with Crippen LogP contribution in [0.4, 0.5) is 0 Å². The number of amides is 1. The summed E-state index contributed by atoms with van der Waals surface area (Å²) in [5.74, 6) is 1.69. The van der Waals surface area contributed by atoms with Crippen molar-refractivity contribution in [3.05, 3.63) is 52.0 Å². The van der Waals surface area contributed by atoms with Gasteiger partial charge in [-0.2, -0.15) is 0 Å².